The van der Waals surface area contributed by atoms with Crippen LogP contribution in [0.2, 0.25) is 0 Å². The molecule has 1 heterocycles. The summed E-state index contributed by atoms with van der Waals surface area (Å²) in [4.78, 5) is 1.82. The number of rotatable bonds is 2. The molecule has 0 saturated carbocycles. The van der Waals surface area contributed by atoms with E-state index in [4.69, 9.17) is 0 Å². The number of benzene rings is 1. The fourth-order valence-electron chi connectivity index (χ4n) is 1.65. The van der Waals surface area contributed by atoms with Crippen molar-refractivity contribution >= 4 is 27.3 Å². The first kappa shape index (κ1) is 12.7. The zero-order chi connectivity index (χ0) is 12.6. The van der Waals surface area contributed by atoms with Crippen LogP contribution in [-0.4, -0.2) is 5.11 Å². The summed E-state index contributed by atoms with van der Waals surface area (Å²) in [6.45, 7) is 3.65. The molecule has 1 aromatic carbocycles. The van der Waals surface area contributed by atoms with Crippen LogP contribution in [0.3, 0.4) is 0 Å². The van der Waals surface area contributed by atoms with Gasteiger partial charge in [0.15, 0.2) is 0 Å². The van der Waals surface area contributed by atoms with Crippen molar-refractivity contribution in [2.45, 2.75) is 20.0 Å². The minimum absolute atomic E-state index is 0.331. The molecule has 0 bridgehead atoms. The zero-order valence-corrected chi connectivity index (χ0v) is 11.9. The van der Waals surface area contributed by atoms with E-state index in [1.54, 1.807) is 25.1 Å². The fourth-order valence-corrected chi connectivity index (χ4v) is 3.22. The molecule has 90 valence electrons. The van der Waals surface area contributed by atoms with Gasteiger partial charge in [0.05, 0.1) is 0 Å². The maximum Gasteiger partial charge on any atom is 0.132 e. The van der Waals surface area contributed by atoms with E-state index in [9.17, 15) is 9.50 Å². The summed E-state index contributed by atoms with van der Waals surface area (Å²) < 4.78 is 14.8. The molecule has 0 aliphatic heterocycles. The highest BCUT2D eigenvalue weighted by atomic mass is 79.9. The van der Waals surface area contributed by atoms with Crippen LogP contribution in [0.4, 0.5) is 4.39 Å². The summed E-state index contributed by atoms with van der Waals surface area (Å²) in [5, 5.41) is 10.2. The highest BCUT2D eigenvalue weighted by molar-refractivity contribution is 9.10. The molecular weight excluding hydrogens is 303 g/mol. The van der Waals surface area contributed by atoms with E-state index in [2.05, 4.69) is 15.9 Å². The molecule has 1 unspecified atom stereocenters. The molecular formula is C13H12BrFOS. The zero-order valence-electron chi connectivity index (χ0n) is 9.50. The van der Waals surface area contributed by atoms with Gasteiger partial charge < -0.3 is 5.11 Å². The average molecular weight is 315 g/mol. The second-order valence-electron chi connectivity index (χ2n) is 3.93. The molecule has 1 atom stereocenters. The van der Waals surface area contributed by atoms with Crippen LogP contribution in [0.1, 0.15) is 27.0 Å². The molecule has 1 aromatic heterocycles. The summed E-state index contributed by atoms with van der Waals surface area (Å²) in [6.07, 6.45) is -0.898. The Balaban J connectivity index is 2.43. The first-order chi connectivity index (χ1) is 8.00. The largest absolute Gasteiger partial charge is 0.383 e. The van der Waals surface area contributed by atoms with E-state index in [1.165, 1.54) is 11.3 Å². The quantitative estimate of drug-likeness (QED) is 0.873. The molecule has 2 aromatic rings. The van der Waals surface area contributed by atoms with Gasteiger partial charge in [-0.15, -0.1) is 11.3 Å². The van der Waals surface area contributed by atoms with Crippen LogP contribution >= 0.6 is 27.3 Å². The normalized spacial score (nSPS) is 12.8. The van der Waals surface area contributed by atoms with Crippen molar-refractivity contribution in [3.63, 3.8) is 0 Å². The highest BCUT2D eigenvalue weighted by Crippen LogP contribution is 2.34. The van der Waals surface area contributed by atoms with E-state index in [0.29, 0.717) is 11.1 Å². The van der Waals surface area contributed by atoms with Crippen molar-refractivity contribution < 1.29 is 9.50 Å². The first-order valence-electron chi connectivity index (χ1n) is 5.19. The summed E-state index contributed by atoms with van der Waals surface area (Å²) >= 11 is 4.86. The van der Waals surface area contributed by atoms with Gasteiger partial charge in [-0.2, -0.15) is 0 Å². The number of aryl methyl sites for hydroxylation is 2. The number of aliphatic hydroxyl groups excluding tert-OH is 1. The van der Waals surface area contributed by atoms with Gasteiger partial charge >= 0.3 is 0 Å². The second kappa shape index (κ2) is 4.88. The van der Waals surface area contributed by atoms with E-state index >= 15 is 0 Å². The van der Waals surface area contributed by atoms with E-state index < -0.39 is 6.10 Å². The molecule has 0 aliphatic rings. The topological polar surface area (TPSA) is 20.2 Å². The summed E-state index contributed by atoms with van der Waals surface area (Å²) in [5.41, 5.74) is 0.882. The number of thiophene rings is 1. The van der Waals surface area contributed by atoms with Crippen molar-refractivity contribution in [1.82, 2.24) is 0 Å². The number of hydrogen-bond acceptors (Lipinski definition) is 2. The van der Waals surface area contributed by atoms with E-state index in [-0.39, 0.29) is 5.82 Å². The Hall–Kier alpha value is -0.710. The average Bonchev–Trinajstić information content (AvgIpc) is 2.62. The molecule has 0 amide bonds. The van der Waals surface area contributed by atoms with Gasteiger partial charge in [0, 0.05) is 19.8 Å². The number of hydrogen-bond donors (Lipinski definition) is 1. The molecule has 1 N–H and O–H groups in total. The smallest absolute Gasteiger partial charge is 0.132 e. The highest BCUT2D eigenvalue weighted by Gasteiger charge is 2.18. The SMILES string of the molecule is Cc1cccc(C(O)c2cc(Br)c(C)s2)c1F. The molecule has 0 radical (unpaired) electrons. The number of halogens is 2. The molecule has 0 spiro atoms. The molecule has 1 nitrogen and oxygen atoms in total. The Labute approximate surface area is 112 Å². The van der Waals surface area contributed by atoms with Gasteiger partial charge in [-0.3, -0.25) is 0 Å². The maximum absolute atomic E-state index is 13.9. The van der Waals surface area contributed by atoms with Gasteiger partial charge in [0.25, 0.3) is 0 Å². The lowest BCUT2D eigenvalue weighted by Crippen LogP contribution is -2.01. The lowest BCUT2D eigenvalue weighted by molar-refractivity contribution is 0.218. The summed E-state index contributed by atoms with van der Waals surface area (Å²) in [5.74, 6) is -0.331. The second-order valence-corrected chi connectivity index (χ2v) is 6.08. The Morgan fingerprint density at radius 2 is 2.06 bits per heavy atom. The Morgan fingerprint density at radius 3 is 2.65 bits per heavy atom. The van der Waals surface area contributed by atoms with Crippen LogP contribution in [0.15, 0.2) is 28.7 Å². The van der Waals surface area contributed by atoms with Crippen LogP contribution in [0, 0.1) is 19.7 Å². The Bertz CT molecular complexity index is 531. The molecule has 0 saturated heterocycles. The third-order valence-electron chi connectivity index (χ3n) is 2.66. The van der Waals surface area contributed by atoms with Crippen LogP contribution < -0.4 is 0 Å². The molecule has 17 heavy (non-hydrogen) atoms. The van der Waals surface area contributed by atoms with E-state index in [0.717, 1.165) is 14.2 Å². The molecule has 4 heteroatoms. The number of aliphatic hydroxyl groups is 1. The summed E-state index contributed by atoms with van der Waals surface area (Å²) in [6, 6.07) is 6.91. The summed E-state index contributed by atoms with van der Waals surface area (Å²) in [7, 11) is 0. The lowest BCUT2D eigenvalue weighted by atomic mass is 10.0. The van der Waals surface area contributed by atoms with Crippen molar-refractivity contribution in [3.8, 4) is 0 Å². The Kier molecular flexibility index (Phi) is 3.66. The minimum Gasteiger partial charge on any atom is -0.383 e. The molecule has 2 rings (SSSR count). The van der Waals surface area contributed by atoms with Crippen molar-refractivity contribution in [2.24, 2.45) is 0 Å². The van der Waals surface area contributed by atoms with Crippen LogP contribution in [0.5, 0.6) is 0 Å². The third-order valence-corrected chi connectivity index (χ3v) is 4.85. The van der Waals surface area contributed by atoms with Gasteiger partial charge in [0.2, 0.25) is 0 Å². The van der Waals surface area contributed by atoms with Gasteiger partial charge in [0.1, 0.15) is 11.9 Å². The van der Waals surface area contributed by atoms with E-state index in [1.807, 2.05) is 13.0 Å². The van der Waals surface area contributed by atoms with Gasteiger partial charge in [-0.05, 0) is 41.4 Å². The van der Waals surface area contributed by atoms with Crippen molar-refractivity contribution in [2.75, 3.05) is 0 Å². The predicted molar refractivity (Wildman–Crippen MR) is 72.0 cm³/mol. The van der Waals surface area contributed by atoms with Crippen molar-refractivity contribution in [1.29, 1.82) is 0 Å². The lowest BCUT2D eigenvalue weighted by Gasteiger charge is -2.11. The first-order valence-corrected chi connectivity index (χ1v) is 6.80. The van der Waals surface area contributed by atoms with Crippen molar-refractivity contribution in [3.05, 3.63) is 55.4 Å². The molecule has 0 fully saturated rings. The third kappa shape index (κ3) is 2.44. The molecule has 0 aliphatic carbocycles. The van der Waals surface area contributed by atoms with Crippen LogP contribution in [0.25, 0.3) is 0 Å². The minimum atomic E-state index is -0.898. The van der Waals surface area contributed by atoms with Crippen LogP contribution in [-0.2, 0) is 0 Å². The standard InChI is InChI=1S/C13H12BrFOS/c1-7-4-3-5-9(12(7)15)13(16)11-6-10(14)8(2)17-11/h3-6,13,16H,1-2H3. The fraction of sp³-hybridized carbons (Fsp3) is 0.231. The predicted octanol–water partition coefficient (Wildman–Crippen LogP) is 4.35. The monoisotopic (exact) mass is 314 g/mol. The van der Waals surface area contributed by atoms with Gasteiger partial charge in [-0.25, -0.2) is 4.39 Å². The maximum atomic E-state index is 13.9. The Morgan fingerprint density at radius 1 is 1.35 bits per heavy atom. The van der Waals surface area contributed by atoms with Gasteiger partial charge in [-0.1, -0.05) is 18.2 Å².